The summed E-state index contributed by atoms with van der Waals surface area (Å²) in [4.78, 5) is 13.4. The second kappa shape index (κ2) is 7.31. The van der Waals surface area contributed by atoms with Crippen LogP contribution in [0, 0.1) is 0 Å². The lowest BCUT2D eigenvalue weighted by atomic mass is 10.1. The summed E-state index contributed by atoms with van der Waals surface area (Å²) in [5.74, 6) is -0.470. The number of nitrogens with one attached hydrogen (secondary N) is 1. The predicted molar refractivity (Wildman–Crippen MR) is 74.4 cm³/mol. The van der Waals surface area contributed by atoms with Crippen molar-refractivity contribution in [2.45, 2.75) is 13.1 Å². The van der Waals surface area contributed by atoms with Gasteiger partial charge in [-0.2, -0.15) is 13.2 Å². The van der Waals surface area contributed by atoms with E-state index >= 15 is 0 Å². The zero-order valence-electron chi connectivity index (χ0n) is 12.3. The SMILES string of the molecule is CCOCCN(C)C(=O)c1ccc(NC)c(C(F)(F)F)c1. The molecule has 1 aromatic rings. The van der Waals surface area contributed by atoms with Gasteiger partial charge in [-0.05, 0) is 25.1 Å². The van der Waals surface area contributed by atoms with E-state index < -0.39 is 17.6 Å². The highest BCUT2D eigenvalue weighted by atomic mass is 19.4. The van der Waals surface area contributed by atoms with Crippen LogP contribution >= 0.6 is 0 Å². The van der Waals surface area contributed by atoms with E-state index in [-0.39, 0.29) is 11.3 Å². The van der Waals surface area contributed by atoms with Gasteiger partial charge in [0.1, 0.15) is 0 Å². The van der Waals surface area contributed by atoms with Crippen LogP contribution in [0.1, 0.15) is 22.8 Å². The molecule has 118 valence electrons. The molecule has 0 aliphatic carbocycles. The first-order chi connectivity index (χ1) is 9.81. The lowest BCUT2D eigenvalue weighted by molar-refractivity contribution is -0.137. The summed E-state index contributed by atoms with van der Waals surface area (Å²) in [6.07, 6.45) is -4.52. The van der Waals surface area contributed by atoms with E-state index in [0.29, 0.717) is 19.8 Å². The first kappa shape index (κ1) is 17.3. The highest BCUT2D eigenvalue weighted by Crippen LogP contribution is 2.35. The summed E-state index contributed by atoms with van der Waals surface area (Å²) >= 11 is 0. The van der Waals surface area contributed by atoms with E-state index in [1.165, 1.54) is 31.1 Å². The van der Waals surface area contributed by atoms with Crippen molar-refractivity contribution in [3.8, 4) is 0 Å². The van der Waals surface area contributed by atoms with Crippen LogP contribution in [0.4, 0.5) is 18.9 Å². The molecule has 1 N–H and O–H groups in total. The average Bonchev–Trinajstić information content (AvgIpc) is 2.45. The zero-order valence-corrected chi connectivity index (χ0v) is 12.3. The maximum absolute atomic E-state index is 12.9. The Kier molecular flexibility index (Phi) is 6.02. The summed E-state index contributed by atoms with van der Waals surface area (Å²) in [6.45, 7) is 3.02. The molecule has 0 heterocycles. The second-order valence-corrected chi connectivity index (χ2v) is 4.43. The molecule has 0 spiro atoms. The molecular weight excluding hydrogens is 285 g/mol. The van der Waals surface area contributed by atoms with Crippen LogP contribution in [0.2, 0.25) is 0 Å². The lowest BCUT2D eigenvalue weighted by Crippen LogP contribution is -2.30. The van der Waals surface area contributed by atoms with Gasteiger partial charge >= 0.3 is 6.18 Å². The molecule has 0 aliphatic rings. The van der Waals surface area contributed by atoms with Crippen molar-refractivity contribution in [1.82, 2.24) is 4.90 Å². The van der Waals surface area contributed by atoms with Gasteiger partial charge in [0.2, 0.25) is 0 Å². The minimum atomic E-state index is -4.52. The molecule has 4 nitrogen and oxygen atoms in total. The van der Waals surface area contributed by atoms with Crippen molar-refractivity contribution < 1.29 is 22.7 Å². The van der Waals surface area contributed by atoms with Gasteiger partial charge in [0.25, 0.3) is 5.91 Å². The number of halogens is 3. The van der Waals surface area contributed by atoms with E-state index in [9.17, 15) is 18.0 Å². The number of carbonyl (C=O) groups is 1. The fraction of sp³-hybridized carbons (Fsp3) is 0.500. The summed E-state index contributed by atoms with van der Waals surface area (Å²) in [6, 6.07) is 3.50. The van der Waals surface area contributed by atoms with Crippen molar-refractivity contribution in [3.05, 3.63) is 29.3 Å². The van der Waals surface area contributed by atoms with E-state index in [0.717, 1.165) is 6.07 Å². The van der Waals surface area contributed by atoms with E-state index in [1.54, 1.807) is 0 Å². The maximum atomic E-state index is 12.9. The summed E-state index contributed by atoms with van der Waals surface area (Å²) in [5, 5.41) is 2.47. The first-order valence-electron chi connectivity index (χ1n) is 6.53. The van der Waals surface area contributed by atoms with Crippen LogP contribution in [-0.4, -0.2) is 44.7 Å². The fourth-order valence-corrected chi connectivity index (χ4v) is 1.80. The van der Waals surface area contributed by atoms with Crippen LogP contribution in [0.15, 0.2) is 18.2 Å². The first-order valence-corrected chi connectivity index (χ1v) is 6.53. The Bertz CT molecular complexity index is 490. The van der Waals surface area contributed by atoms with Gasteiger partial charge < -0.3 is 15.0 Å². The number of nitrogens with zero attached hydrogens (tertiary/aromatic N) is 1. The van der Waals surface area contributed by atoms with Crippen molar-refractivity contribution in [1.29, 1.82) is 0 Å². The summed E-state index contributed by atoms with van der Waals surface area (Å²) in [5.41, 5.74) is -0.912. The van der Waals surface area contributed by atoms with Crippen LogP contribution in [0.3, 0.4) is 0 Å². The number of ether oxygens (including phenoxy) is 1. The van der Waals surface area contributed by atoms with Crippen molar-refractivity contribution in [2.75, 3.05) is 39.2 Å². The quantitative estimate of drug-likeness (QED) is 0.822. The number of benzene rings is 1. The van der Waals surface area contributed by atoms with Crippen LogP contribution in [-0.2, 0) is 10.9 Å². The normalized spacial score (nSPS) is 11.3. The molecule has 7 heteroatoms. The third-order valence-corrected chi connectivity index (χ3v) is 2.96. The van der Waals surface area contributed by atoms with Gasteiger partial charge in [-0.25, -0.2) is 0 Å². The van der Waals surface area contributed by atoms with Gasteiger partial charge in [-0.3, -0.25) is 4.79 Å². The fourth-order valence-electron chi connectivity index (χ4n) is 1.80. The predicted octanol–water partition coefficient (Wildman–Crippen LogP) is 2.86. The topological polar surface area (TPSA) is 41.6 Å². The molecule has 1 amide bonds. The number of alkyl halides is 3. The minimum Gasteiger partial charge on any atom is -0.388 e. The summed E-state index contributed by atoms with van der Waals surface area (Å²) < 4.78 is 44.0. The molecule has 0 atom stereocenters. The van der Waals surface area contributed by atoms with Crippen LogP contribution in [0.25, 0.3) is 0 Å². The molecule has 0 aliphatic heterocycles. The van der Waals surface area contributed by atoms with E-state index in [2.05, 4.69) is 5.32 Å². The average molecular weight is 304 g/mol. The highest BCUT2D eigenvalue weighted by Gasteiger charge is 2.34. The van der Waals surface area contributed by atoms with E-state index in [1.807, 2.05) is 6.92 Å². The summed E-state index contributed by atoms with van der Waals surface area (Å²) in [7, 11) is 2.93. The van der Waals surface area contributed by atoms with Crippen molar-refractivity contribution >= 4 is 11.6 Å². The standard InChI is InChI=1S/C14H19F3N2O2/c1-4-21-8-7-19(3)13(20)10-5-6-12(18-2)11(9-10)14(15,16)17/h5-6,9,18H,4,7-8H2,1-3H3. The van der Waals surface area contributed by atoms with Crippen LogP contribution < -0.4 is 5.32 Å². The molecule has 1 rings (SSSR count). The Morgan fingerprint density at radius 1 is 1.38 bits per heavy atom. The van der Waals surface area contributed by atoms with Crippen molar-refractivity contribution in [2.24, 2.45) is 0 Å². The molecule has 0 fully saturated rings. The molecule has 0 aromatic heterocycles. The minimum absolute atomic E-state index is 0.000300. The monoisotopic (exact) mass is 304 g/mol. The van der Waals surface area contributed by atoms with Gasteiger partial charge in [0.05, 0.1) is 12.2 Å². The Morgan fingerprint density at radius 3 is 2.57 bits per heavy atom. The molecule has 0 radical (unpaired) electrons. The van der Waals surface area contributed by atoms with Gasteiger partial charge in [-0.1, -0.05) is 0 Å². The van der Waals surface area contributed by atoms with E-state index in [4.69, 9.17) is 4.74 Å². The lowest BCUT2D eigenvalue weighted by Gasteiger charge is -2.19. The number of hydrogen-bond donors (Lipinski definition) is 1. The Hall–Kier alpha value is -1.76. The largest absolute Gasteiger partial charge is 0.418 e. The molecule has 0 saturated heterocycles. The molecule has 0 unspecified atom stereocenters. The number of likely N-dealkylation sites (N-methyl/N-ethyl adjacent to an activating group) is 1. The van der Waals surface area contributed by atoms with Gasteiger partial charge in [0.15, 0.2) is 0 Å². The number of amides is 1. The molecule has 0 saturated carbocycles. The Balaban J connectivity index is 2.95. The Labute approximate surface area is 121 Å². The number of anilines is 1. The van der Waals surface area contributed by atoms with Gasteiger partial charge in [-0.15, -0.1) is 0 Å². The number of hydrogen-bond acceptors (Lipinski definition) is 3. The molecule has 21 heavy (non-hydrogen) atoms. The third kappa shape index (κ3) is 4.63. The number of carbonyl (C=O) groups excluding carboxylic acids is 1. The molecule has 0 bridgehead atoms. The smallest absolute Gasteiger partial charge is 0.388 e. The van der Waals surface area contributed by atoms with Crippen molar-refractivity contribution in [3.63, 3.8) is 0 Å². The van der Waals surface area contributed by atoms with Gasteiger partial charge in [0, 0.05) is 38.5 Å². The van der Waals surface area contributed by atoms with Crippen LogP contribution in [0.5, 0.6) is 0 Å². The second-order valence-electron chi connectivity index (χ2n) is 4.43. The Morgan fingerprint density at radius 2 is 2.05 bits per heavy atom. The number of rotatable bonds is 6. The highest BCUT2D eigenvalue weighted by molar-refractivity contribution is 5.94. The maximum Gasteiger partial charge on any atom is 0.418 e. The third-order valence-electron chi connectivity index (χ3n) is 2.96. The molecular formula is C14H19F3N2O2. The molecule has 1 aromatic carbocycles. The zero-order chi connectivity index (χ0) is 16.0.